The molecule has 14 heavy (non-hydrogen) atoms. The zero-order valence-electron chi connectivity index (χ0n) is 7.74. The molecule has 0 atom stereocenters. The number of nitrogens with zero attached hydrogens (tertiary/aromatic N) is 2. The van der Waals surface area contributed by atoms with Crippen LogP contribution in [0.1, 0.15) is 5.56 Å². The van der Waals surface area contributed by atoms with Gasteiger partial charge in [-0.25, -0.2) is 9.07 Å². The van der Waals surface area contributed by atoms with Crippen molar-refractivity contribution in [1.29, 1.82) is 0 Å². The van der Waals surface area contributed by atoms with Crippen molar-refractivity contribution in [1.82, 2.24) is 9.78 Å². The van der Waals surface area contributed by atoms with Crippen LogP contribution in [0.3, 0.4) is 0 Å². The van der Waals surface area contributed by atoms with Gasteiger partial charge in [-0.05, 0) is 24.6 Å². The van der Waals surface area contributed by atoms with E-state index in [1.165, 1.54) is 17.1 Å². The predicted octanol–water partition coefficient (Wildman–Crippen LogP) is 1.90. The van der Waals surface area contributed by atoms with Crippen molar-refractivity contribution in [2.24, 2.45) is 0 Å². The van der Waals surface area contributed by atoms with E-state index in [4.69, 9.17) is 5.73 Å². The highest BCUT2D eigenvalue weighted by atomic mass is 19.1. The maximum atomic E-state index is 12.7. The molecule has 0 aliphatic rings. The average molecular weight is 191 g/mol. The van der Waals surface area contributed by atoms with Crippen molar-refractivity contribution < 1.29 is 4.39 Å². The van der Waals surface area contributed by atoms with Crippen LogP contribution in [0, 0.1) is 12.7 Å². The number of hydrogen-bond donors (Lipinski definition) is 1. The third kappa shape index (κ3) is 1.46. The Hall–Kier alpha value is -1.84. The van der Waals surface area contributed by atoms with E-state index in [1.54, 1.807) is 12.1 Å². The van der Waals surface area contributed by atoms with Gasteiger partial charge in [0.05, 0.1) is 18.1 Å². The van der Waals surface area contributed by atoms with Crippen molar-refractivity contribution >= 4 is 5.69 Å². The molecule has 0 bridgehead atoms. The van der Waals surface area contributed by atoms with Crippen molar-refractivity contribution in [3.8, 4) is 5.69 Å². The van der Waals surface area contributed by atoms with Gasteiger partial charge in [0, 0.05) is 5.69 Å². The first kappa shape index (κ1) is 8.74. The van der Waals surface area contributed by atoms with E-state index in [2.05, 4.69) is 5.10 Å². The zero-order chi connectivity index (χ0) is 10.1. The number of benzene rings is 1. The summed E-state index contributed by atoms with van der Waals surface area (Å²) in [5, 5.41) is 3.87. The number of aryl methyl sites for hydroxylation is 1. The molecule has 0 spiro atoms. The average Bonchev–Trinajstić information content (AvgIpc) is 2.56. The Morgan fingerprint density at radius 2 is 2.21 bits per heavy atom. The number of nitrogens with two attached hydrogens (primary N) is 1. The van der Waals surface area contributed by atoms with Gasteiger partial charge in [-0.1, -0.05) is 6.07 Å². The summed E-state index contributed by atoms with van der Waals surface area (Å²) in [7, 11) is 0. The minimum Gasteiger partial charge on any atom is -0.399 e. The molecule has 2 aromatic rings. The van der Waals surface area contributed by atoms with Crippen LogP contribution in [-0.2, 0) is 0 Å². The van der Waals surface area contributed by atoms with E-state index in [0.717, 1.165) is 11.3 Å². The summed E-state index contributed by atoms with van der Waals surface area (Å²) in [4.78, 5) is 0. The van der Waals surface area contributed by atoms with Gasteiger partial charge in [0.25, 0.3) is 0 Å². The number of hydrogen-bond acceptors (Lipinski definition) is 2. The highest BCUT2D eigenvalue weighted by Crippen LogP contribution is 2.16. The van der Waals surface area contributed by atoms with Gasteiger partial charge in [-0.3, -0.25) is 0 Å². The molecule has 2 rings (SSSR count). The molecule has 0 fully saturated rings. The van der Waals surface area contributed by atoms with Crippen LogP contribution in [0.25, 0.3) is 5.69 Å². The lowest BCUT2D eigenvalue weighted by Crippen LogP contribution is -1.98. The number of halogens is 1. The molecule has 0 saturated heterocycles. The van der Waals surface area contributed by atoms with Gasteiger partial charge in [0.1, 0.15) is 0 Å². The molecule has 0 radical (unpaired) electrons. The maximum absolute atomic E-state index is 12.7. The van der Waals surface area contributed by atoms with Gasteiger partial charge in [-0.2, -0.15) is 5.10 Å². The molecule has 3 nitrogen and oxygen atoms in total. The molecule has 72 valence electrons. The summed E-state index contributed by atoms with van der Waals surface area (Å²) < 4.78 is 14.2. The standard InChI is InChI=1S/C10H10FN3/c1-7-2-3-9(12)4-10(7)14-6-8(11)5-13-14/h2-6H,12H2,1H3. The summed E-state index contributed by atoms with van der Waals surface area (Å²) in [5.74, 6) is -0.355. The third-order valence-corrected chi connectivity index (χ3v) is 2.03. The monoisotopic (exact) mass is 191 g/mol. The SMILES string of the molecule is Cc1ccc(N)cc1-n1cc(F)cn1. The maximum Gasteiger partial charge on any atom is 0.161 e. The molecule has 0 amide bonds. The van der Waals surface area contributed by atoms with Gasteiger partial charge in [0.2, 0.25) is 0 Å². The van der Waals surface area contributed by atoms with E-state index in [9.17, 15) is 4.39 Å². The second-order valence-electron chi connectivity index (χ2n) is 3.15. The third-order valence-electron chi connectivity index (χ3n) is 2.03. The van der Waals surface area contributed by atoms with Crippen LogP contribution in [0.5, 0.6) is 0 Å². The minimum atomic E-state index is -0.355. The second-order valence-corrected chi connectivity index (χ2v) is 3.15. The number of rotatable bonds is 1. The second kappa shape index (κ2) is 3.14. The summed E-state index contributed by atoms with van der Waals surface area (Å²) in [6.45, 7) is 1.92. The first-order valence-corrected chi connectivity index (χ1v) is 4.23. The predicted molar refractivity (Wildman–Crippen MR) is 52.7 cm³/mol. The van der Waals surface area contributed by atoms with Crippen LogP contribution >= 0.6 is 0 Å². The molecule has 4 heteroatoms. The van der Waals surface area contributed by atoms with E-state index < -0.39 is 0 Å². The summed E-state index contributed by atoms with van der Waals surface area (Å²) in [6, 6.07) is 5.45. The summed E-state index contributed by atoms with van der Waals surface area (Å²) >= 11 is 0. The van der Waals surface area contributed by atoms with Gasteiger partial charge in [-0.15, -0.1) is 0 Å². The number of anilines is 1. The van der Waals surface area contributed by atoms with Crippen LogP contribution < -0.4 is 5.73 Å². The van der Waals surface area contributed by atoms with Gasteiger partial charge < -0.3 is 5.73 Å². The first-order valence-electron chi connectivity index (χ1n) is 4.23. The lowest BCUT2D eigenvalue weighted by molar-refractivity contribution is 0.627. The first-order chi connectivity index (χ1) is 6.66. The van der Waals surface area contributed by atoms with Crippen LogP contribution in [0.2, 0.25) is 0 Å². The molecular formula is C10H10FN3. The Labute approximate surface area is 81.0 Å². The Balaban J connectivity index is 2.55. The largest absolute Gasteiger partial charge is 0.399 e. The Morgan fingerprint density at radius 1 is 1.43 bits per heavy atom. The highest BCUT2D eigenvalue weighted by molar-refractivity contribution is 5.51. The molecular weight excluding hydrogens is 181 g/mol. The molecule has 1 aromatic carbocycles. The fourth-order valence-electron chi connectivity index (χ4n) is 1.31. The van der Waals surface area contributed by atoms with E-state index >= 15 is 0 Å². The quantitative estimate of drug-likeness (QED) is 0.699. The molecule has 0 saturated carbocycles. The summed E-state index contributed by atoms with van der Waals surface area (Å²) in [5.41, 5.74) is 8.08. The van der Waals surface area contributed by atoms with E-state index in [0.29, 0.717) is 5.69 Å². The van der Waals surface area contributed by atoms with Crippen molar-refractivity contribution in [2.45, 2.75) is 6.92 Å². The molecule has 1 aromatic heterocycles. The molecule has 1 heterocycles. The number of aromatic nitrogens is 2. The van der Waals surface area contributed by atoms with Crippen molar-refractivity contribution in [3.05, 3.63) is 42.0 Å². The Bertz CT molecular complexity index is 462. The van der Waals surface area contributed by atoms with Crippen LogP contribution in [0.15, 0.2) is 30.6 Å². The Kier molecular flexibility index (Phi) is 1.96. The fraction of sp³-hybridized carbons (Fsp3) is 0.100. The van der Waals surface area contributed by atoms with Crippen LogP contribution in [0.4, 0.5) is 10.1 Å². The van der Waals surface area contributed by atoms with E-state index in [-0.39, 0.29) is 5.82 Å². The lowest BCUT2D eigenvalue weighted by atomic mass is 10.2. The normalized spacial score (nSPS) is 10.4. The zero-order valence-corrected chi connectivity index (χ0v) is 7.74. The molecule has 0 aliphatic heterocycles. The van der Waals surface area contributed by atoms with Crippen molar-refractivity contribution in [3.63, 3.8) is 0 Å². The Morgan fingerprint density at radius 3 is 2.86 bits per heavy atom. The van der Waals surface area contributed by atoms with Gasteiger partial charge >= 0.3 is 0 Å². The fourth-order valence-corrected chi connectivity index (χ4v) is 1.31. The molecule has 2 N–H and O–H groups in total. The topological polar surface area (TPSA) is 43.8 Å². The van der Waals surface area contributed by atoms with E-state index in [1.807, 2.05) is 13.0 Å². The smallest absolute Gasteiger partial charge is 0.161 e. The summed E-state index contributed by atoms with van der Waals surface area (Å²) in [6.07, 6.45) is 2.49. The molecule has 0 unspecified atom stereocenters. The van der Waals surface area contributed by atoms with Gasteiger partial charge in [0.15, 0.2) is 5.82 Å². The minimum absolute atomic E-state index is 0.355. The van der Waals surface area contributed by atoms with Crippen molar-refractivity contribution in [2.75, 3.05) is 5.73 Å². The number of nitrogen functional groups attached to an aromatic ring is 1. The molecule has 0 aliphatic carbocycles. The van der Waals surface area contributed by atoms with Crippen LogP contribution in [-0.4, -0.2) is 9.78 Å². The lowest BCUT2D eigenvalue weighted by Gasteiger charge is -2.05. The highest BCUT2D eigenvalue weighted by Gasteiger charge is 2.03.